The molecule has 0 unspecified atom stereocenters. The van der Waals surface area contributed by atoms with Crippen molar-refractivity contribution in [3.05, 3.63) is 51.2 Å². The average Bonchev–Trinajstić information content (AvgIpc) is 3.03. The first-order valence-electron chi connectivity index (χ1n) is 9.50. The van der Waals surface area contributed by atoms with Crippen LogP contribution in [0.25, 0.3) is 5.57 Å². The number of rotatable bonds is 8. The highest BCUT2D eigenvalue weighted by Gasteiger charge is 2.26. The van der Waals surface area contributed by atoms with Crippen molar-refractivity contribution < 1.29 is 17.4 Å². The normalized spacial score (nSPS) is 11.4. The monoisotopic (exact) mass is 438 g/mol. The molecular weight excluding hydrogens is 412 g/mol. The van der Waals surface area contributed by atoms with Gasteiger partial charge in [-0.1, -0.05) is 24.1 Å². The number of allylic oxidation sites excluding steroid dienone is 2. The van der Waals surface area contributed by atoms with Crippen molar-refractivity contribution in [3.8, 4) is 5.88 Å². The summed E-state index contributed by atoms with van der Waals surface area (Å²) in [6, 6.07) is 3.33. The van der Waals surface area contributed by atoms with Crippen molar-refractivity contribution in [1.29, 1.82) is 0 Å². The molecule has 0 saturated carbocycles. The minimum atomic E-state index is -3.81. The van der Waals surface area contributed by atoms with Crippen molar-refractivity contribution >= 4 is 33.1 Å². The smallest absolute Gasteiger partial charge is 0.310 e. The number of carbonyl (C=O) groups is 1. The Labute approximate surface area is 177 Å². The van der Waals surface area contributed by atoms with E-state index < -0.39 is 10.1 Å². The zero-order chi connectivity index (χ0) is 21.9. The quantitative estimate of drug-likeness (QED) is 0.426. The number of carbonyl (C=O) groups excluding carboxylic acids is 1. The predicted octanol–water partition coefficient (Wildman–Crippen LogP) is 5.03. The molecule has 0 aliphatic rings. The summed E-state index contributed by atoms with van der Waals surface area (Å²) in [6.45, 7) is 11.6. The largest absolute Gasteiger partial charge is 0.361 e. The van der Waals surface area contributed by atoms with Crippen molar-refractivity contribution in [1.82, 2.24) is 9.78 Å². The number of aromatic nitrogens is 2. The Morgan fingerprint density at radius 2 is 1.83 bits per heavy atom. The molecule has 1 heterocycles. The first kappa shape index (κ1) is 23.2. The Balaban J connectivity index is 2.65. The van der Waals surface area contributed by atoms with Crippen molar-refractivity contribution in [2.24, 2.45) is 0 Å². The summed E-state index contributed by atoms with van der Waals surface area (Å²) in [7, 11) is -3.81. The number of ketones is 1. The van der Waals surface area contributed by atoms with Crippen molar-refractivity contribution in [2.45, 2.75) is 54.5 Å². The molecule has 0 fully saturated rings. The predicted molar refractivity (Wildman–Crippen MR) is 116 cm³/mol. The van der Waals surface area contributed by atoms with Crippen LogP contribution in [-0.4, -0.2) is 29.7 Å². The molecule has 6 nitrogen and oxygen atoms in total. The van der Waals surface area contributed by atoms with Gasteiger partial charge in [-0.3, -0.25) is 4.79 Å². The lowest BCUT2D eigenvalue weighted by Crippen LogP contribution is -2.17. The van der Waals surface area contributed by atoms with Crippen LogP contribution in [0.2, 0.25) is 5.02 Å². The van der Waals surface area contributed by atoms with Gasteiger partial charge in [0.1, 0.15) is 5.56 Å². The standard InChI is InChI=1S/C21H27ClN2O4S/c1-7-11-24-21(28-29(26,27)8-2)17(12-23-24)20(25)16-9-10-18(22)19(15(16)6)14(5)13(3)4/h9-10,12H,7-8,11H2,1-6H3. The molecule has 0 aliphatic carbocycles. The minimum absolute atomic E-state index is 0.0477. The fourth-order valence-corrected chi connectivity index (χ4v) is 3.83. The van der Waals surface area contributed by atoms with Gasteiger partial charge in [-0.05, 0) is 69.9 Å². The molecule has 0 amide bonds. The van der Waals surface area contributed by atoms with Crippen LogP contribution in [0.15, 0.2) is 23.9 Å². The lowest BCUT2D eigenvalue weighted by atomic mass is 9.92. The Hall–Kier alpha value is -2.12. The summed E-state index contributed by atoms with van der Waals surface area (Å²) < 4.78 is 30.8. The highest BCUT2D eigenvalue weighted by atomic mass is 35.5. The van der Waals surface area contributed by atoms with Crippen LogP contribution >= 0.6 is 11.6 Å². The maximum atomic E-state index is 13.3. The third kappa shape index (κ3) is 4.90. The van der Waals surface area contributed by atoms with Gasteiger partial charge in [0, 0.05) is 17.1 Å². The van der Waals surface area contributed by atoms with Gasteiger partial charge >= 0.3 is 10.1 Å². The van der Waals surface area contributed by atoms with Gasteiger partial charge in [0.2, 0.25) is 5.88 Å². The number of hydrogen-bond acceptors (Lipinski definition) is 5. The molecule has 2 aromatic rings. The van der Waals surface area contributed by atoms with Crippen molar-refractivity contribution in [3.63, 3.8) is 0 Å². The fraction of sp³-hybridized carbons (Fsp3) is 0.429. The van der Waals surface area contributed by atoms with Gasteiger partial charge in [0.05, 0.1) is 11.9 Å². The second-order valence-corrected chi connectivity index (χ2v) is 9.33. The lowest BCUT2D eigenvalue weighted by Gasteiger charge is -2.15. The molecule has 1 aromatic heterocycles. The van der Waals surface area contributed by atoms with E-state index >= 15 is 0 Å². The van der Waals surface area contributed by atoms with Crippen molar-refractivity contribution in [2.75, 3.05) is 5.75 Å². The molecule has 158 valence electrons. The van der Waals surface area contributed by atoms with Gasteiger partial charge in [-0.25, -0.2) is 4.68 Å². The molecule has 2 rings (SSSR count). The van der Waals surface area contributed by atoms with E-state index in [1.54, 1.807) is 12.1 Å². The minimum Gasteiger partial charge on any atom is -0.361 e. The van der Waals surface area contributed by atoms with Crippen LogP contribution in [0.1, 0.15) is 68.1 Å². The molecular formula is C21H27ClN2O4S. The highest BCUT2D eigenvalue weighted by molar-refractivity contribution is 7.87. The zero-order valence-electron chi connectivity index (χ0n) is 17.7. The third-order valence-corrected chi connectivity index (χ3v) is 6.25. The summed E-state index contributed by atoms with van der Waals surface area (Å²) in [5, 5.41) is 4.73. The van der Waals surface area contributed by atoms with E-state index in [0.717, 1.165) is 22.3 Å². The second kappa shape index (κ2) is 9.13. The molecule has 0 N–H and O–H groups in total. The first-order valence-corrected chi connectivity index (χ1v) is 11.5. The molecule has 0 spiro atoms. The maximum absolute atomic E-state index is 13.3. The van der Waals surface area contributed by atoms with E-state index in [9.17, 15) is 13.2 Å². The molecule has 0 aliphatic heterocycles. The van der Waals surface area contributed by atoms with Gasteiger partial charge in [-0.2, -0.15) is 13.5 Å². The van der Waals surface area contributed by atoms with E-state index in [1.807, 2.05) is 34.6 Å². The van der Waals surface area contributed by atoms with E-state index in [0.29, 0.717) is 23.6 Å². The lowest BCUT2D eigenvalue weighted by molar-refractivity contribution is 0.103. The van der Waals surface area contributed by atoms with E-state index in [4.69, 9.17) is 15.8 Å². The Bertz CT molecular complexity index is 1060. The van der Waals surface area contributed by atoms with Crippen LogP contribution in [0, 0.1) is 6.92 Å². The average molecular weight is 439 g/mol. The summed E-state index contributed by atoms with van der Waals surface area (Å²) in [5.41, 5.74) is 4.17. The summed E-state index contributed by atoms with van der Waals surface area (Å²) in [4.78, 5) is 13.3. The van der Waals surface area contributed by atoms with Gasteiger partial charge in [-0.15, -0.1) is 0 Å². The molecule has 8 heteroatoms. The molecule has 1 aromatic carbocycles. The van der Waals surface area contributed by atoms with Crippen LogP contribution in [0.3, 0.4) is 0 Å². The fourth-order valence-electron chi connectivity index (χ4n) is 2.95. The number of hydrogen-bond donors (Lipinski definition) is 0. The molecule has 0 bridgehead atoms. The first-order chi connectivity index (χ1) is 13.5. The zero-order valence-corrected chi connectivity index (χ0v) is 19.2. The number of benzene rings is 1. The Morgan fingerprint density at radius 3 is 2.38 bits per heavy atom. The van der Waals surface area contributed by atoms with Crippen LogP contribution in [0.4, 0.5) is 0 Å². The van der Waals surface area contributed by atoms with Gasteiger partial charge in [0.15, 0.2) is 5.78 Å². The van der Waals surface area contributed by atoms with E-state index in [1.165, 1.54) is 17.8 Å². The number of nitrogens with zero attached hydrogens (tertiary/aromatic N) is 2. The topological polar surface area (TPSA) is 78.3 Å². The maximum Gasteiger partial charge on any atom is 0.310 e. The third-order valence-electron chi connectivity index (χ3n) is 4.81. The Kier molecular flexibility index (Phi) is 7.30. The van der Waals surface area contributed by atoms with E-state index in [-0.39, 0.29) is 23.0 Å². The second-order valence-electron chi connectivity index (χ2n) is 7.07. The van der Waals surface area contributed by atoms with Crippen LogP contribution < -0.4 is 4.18 Å². The highest BCUT2D eigenvalue weighted by Crippen LogP contribution is 2.33. The van der Waals surface area contributed by atoms with Crippen LogP contribution in [-0.2, 0) is 16.7 Å². The number of halogens is 1. The molecule has 0 saturated heterocycles. The SMILES string of the molecule is CCCn1ncc(C(=O)c2ccc(Cl)c(C(C)=C(C)C)c2C)c1OS(=O)(=O)CC. The Morgan fingerprint density at radius 1 is 1.17 bits per heavy atom. The summed E-state index contributed by atoms with van der Waals surface area (Å²) in [6.07, 6.45) is 2.07. The van der Waals surface area contributed by atoms with Gasteiger partial charge < -0.3 is 4.18 Å². The number of aryl methyl sites for hydroxylation is 1. The molecule has 29 heavy (non-hydrogen) atoms. The van der Waals surface area contributed by atoms with E-state index in [2.05, 4.69) is 5.10 Å². The summed E-state index contributed by atoms with van der Waals surface area (Å²) in [5.74, 6) is -0.610. The molecule has 0 atom stereocenters. The molecule has 0 radical (unpaired) electrons. The summed E-state index contributed by atoms with van der Waals surface area (Å²) >= 11 is 6.41. The van der Waals surface area contributed by atoms with Gasteiger partial charge in [0.25, 0.3) is 0 Å². The van der Waals surface area contributed by atoms with Crippen LogP contribution in [0.5, 0.6) is 5.88 Å².